The number of oxazole rings is 1. The molecule has 12 nitrogen and oxygen atoms in total. The first-order chi connectivity index (χ1) is 19.8. The molecule has 0 radical (unpaired) electrons. The summed E-state index contributed by atoms with van der Waals surface area (Å²) in [6.45, 7) is 2.44. The Morgan fingerprint density at radius 3 is 2.19 bits per heavy atom. The van der Waals surface area contributed by atoms with E-state index in [1.54, 1.807) is 6.08 Å². The molecule has 2 aromatic heterocycles. The number of aliphatic carboxylic acids is 2. The van der Waals surface area contributed by atoms with Crippen molar-refractivity contribution in [2.24, 2.45) is 0 Å². The Bertz CT molecular complexity index is 2100. The van der Waals surface area contributed by atoms with E-state index in [2.05, 4.69) is 12.1 Å². The summed E-state index contributed by atoms with van der Waals surface area (Å²) in [5, 5.41) is 19.7. The van der Waals surface area contributed by atoms with Crippen LogP contribution < -0.4 is 26.1 Å². The molecule has 0 atom stereocenters. The Labute approximate surface area is 254 Å². The second-order valence-electron chi connectivity index (χ2n) is 9.38. The van der Waals surface area contributed by atoms with Crippen molar-refractivity contribution in [2.75, 3.05) is 19.0 Å². The summed E-state index contributed by atoms with van der Waals surface area (Å²) in [6, 6.07) is 4.14. The van der Waals surface area contributed by atoms with Gasteiger partial charge >= 0.3 is 11.9 Å². The molecule has 0 aliphatic carbocycles. The first-order valence-corrected chi connectivity index (χ1v) is 15.0. The SMILES string of the molecule is Cc1cc2c(cc1C)N(C)C(=CC=c1o/c(=c3/s/c(=C4/SC(=S)N(C)C4=O)n(CC(=O)O)c3=O)n(CC(=O)O)c1=O)S2. The number of fused-ring (bicyclic) bond motifs is 1. The van der Waals surface area contributed by atoms with Gasteiger partial charge in [-0.1, -0.05) is 35.7 Å². The fraction of sp³-hybridized carbons (Fsp3) is 0.231. The predicted octanol–water partition coefficient (Wildman–Crippen LogP) is 1.20. The van der Waals surface area contributed by atoms with E-state index in [1.165, 1.54) is 29.8 Å². The number of amides is 1. The second kappa shape index (κ2) is 11.1. The lowest BCUT2D eigenvalue weighted by atomic mass is 10.1. The highest BCUT2D eigenvalue weighted by Crippen LogP contribution is 2.46. The number of carboxylic acid groups (broad SMARTS) is 2. The van der Waals surface area contributed by atoms with E-state index in [9.17, 15) is 34.2 Å². The van der Waals surface area contributed by atoms with Crippen molar-refractivity contribution in [2.45, 2.75) is 31.8 Å². The van der Waals surface area contributed by atoms with Crippen LogP contribution in [-0.2, 0) is 27.5 Å². The van der Waals surface area contributed by atoms with Crippen molar-refractivity contribution >= 4 is 85.9 Å². The van der Waals surface area contributed by atoms with Gasteiger partial charge in [0.1, 0.15) is 27.0 Å². The molecule has 3 aromatic rings. The molecule has 0 saturated carbocycles. The van der Waals surface area contributed by atoms with Crippen LogP contribution in [0.2, 0.25) is 0 Å². The molecule has 42 heavy (non-hydrogen) atoms. The highest BCUT2D eigenvalue weighted by Gasteiger charge is 2.32. The molecule has 1 saturated heterocycles. The molecule has 0 bridgehead atoms. The molecular formula is C26H22N4O8S4. The lowest BCUT2D eigenvalue weighted by Gasteiger charge is -2.13. The summed E-state index contributed by atoms with van der Waals surface area (Å²) in [6.07, 6.45) is 3.06. The van der Waals surface area contributed by atoms with Crippen molar-refractivity contribution in [3.63, 3.8) is 0 Å². The molecular weight excluding hydrogens is 625 g/mol. The van der Waals surface area contributed by atoms with Crippen LogP contribution in [0.3, 0.4) is 0 Å². The van der Waals surface area contributed by atoms with Gasteiger partial charge < -0.3 is 19.5 Å². The highest BCUT2D eigenvalue weighted by molar-refractivity contribution is 8.30. The molecule has 1 fully saturated rings. The molecule has 0 spiro atoms. The van der Waals surface area contributed by atoms with Gasteiger partial charge in [0.2, 0.25) is 5.55 Å². The maximum absolute atomic E-state index is 13.5. The van der Waals surface area contributed by atoms with Crippen molar-refractivity contribution in [1.82, 2.24) is 14.0 Å². The normalized spacial score (nSPS) is 18.5. The molecule has 2 aliphatic rings. The third-order valence-corrected chi connectivity index (χ3v) is 10.6. The number of thioether (sulfide) groups is 2. The number of carbonyl (C=O) groups is 3. The number of carboxylic acids is 2. The number of thiocarbonyl (C=S) groups is 1. The van der Waals surface area contributed by atoms with Crippen LogP contribution in [0.4, 0.5) is 5.69 Å². The fourth-order valence-electron chi connectivity index (χ4n) is 4.26. The minimum absolute atomic E-state index is 0.00445. The summed E-state index contributed by atoms with van der Waals surface area (Å²) < 4.78 is 7.46. The maximum atomic E-state index is 13.5. The van der Waals surface area contributed by atoms with Crippen molar-refractivity contribution in [3.8, 4) is 0 Å². The molecule has 2 N–H and O–H groups in total. The lowest BCUT2D eigenvalue weighted by Crippen LogP contribution is -2.32. The quantitative estimate of drug-likeness (QED) is 0.383. The van der Waals surface area contributed by atoms with Crippen molar-refractivity contribution in [1.29, 1.82) is 0 Å². The molecule has 1 aromatic carbocycles. The number of carbonyl (C=O) groups excluding carboxylic acids is 1. The number of rotatable bonds is 5. The van der Waals surface area contributed by atoms with Crippen LogP contribution in [0.1, 0.15) is 11.1 Å². The van der Waals surface area contributed by atoms with Crippen LogP contribution in [0.25, 0.3) is 11.0 Å². The van der Waals surface area contributed by atoms with Crippen LogP contribution in [0, 0.1) is 23.9 Å². The Balaban J connectivity index is 1.77. The van der Waals surface area contributed by atoms with Crippen LogP contribution in [0.5, 0.6) is 0 Å². The van der Waals surface area contributed by atoms with Gasteiger partial charge in [0.05, 0.1) is 10.7 Å². The van der Waals surface area contributed by atoms with Crippen LogP contribution >= 0.6 is 47.1 Å². The number of hydrogen-bond acceptors (Lipinski definition) is 11. The number of nitrogens with zero attached hydrogens (tertiary/aromatic N) is 4. The third kappa shape index (κ3) is 5.14. The standard InChI is InChI=1S/C26H22N4O8S4/c1-11-7-13-15(8-12(11)2)40-16(27(13)3)6-5-14-21(35)29(9-17(31)32)24(38-14)19-23(37)30(10-18(33)34)25(41-19)20-22(36)28(4)26(39)42-20/h5-8H,9-10H2,1-4H3,(H,31,32)(H,33,34)/b14-5?,16-6?,24-19+,25-20+. The molecule has 1 amide bonds. The summed E-state index contributed by atoms with van der Waals surface area (Å²) in [5.74, 6) is -3.23. The zero-order valence-electron chi connectivity index (χ0n) is 22.5. The van der Waals surface area contributed by atoms with Gasteiger partial charge in [0.15, 0.2) is 9.95 Å². The van der Waals surface area contributed by atoms with E-state index in [1.807, 2.05) is 25.8 Å². The van der Waals surface area contributed by atoms with Crippen molar-refractivity contribution < 1.29 is 29.0 Å². The van der Waals surface area contributed by atoms with Gasteiger partial charge in [0.25, 0.3) is 17.0 Å². The number of benzene rings is 1. The van der Waals surface area contributed by atoms with Gasteiger partial charge in [-0.3, -0.25) is 38.0 Å². The zero-order valence-corrected chi connectivity index (χ0v) is 25.8. The Morgan fingerprint density at radius 2 is 1.57 bits per heavy atom. The Morgan fingerprint density at radius 1 is 0.929 bits per heavy atom. The van der Waals surface area contributed by atoms with E-state index in [4.69, 9.17) is 16.6 Å². The number of hydrogen-bond donors (Lipinski definition) is 2. The summed E-state index contributed by atoms with van der Waals surface area (Å²) in [7, 11) is 3.33. The maximum Gasteiger partial charge on any atom is 0.323 e. The summed E-state index contributed by atoms with van der Waals surface area (Å²) in [5.41, 5.74) is 1.03. The van der Waals surface area contributed by atoms with E-state index < -0.39 is 42.1 Å². The number of allylic oxidation sites excluding steroid dienone is 1. The van der Waals surface area contributed by atoms with E-state index >= 15 is 0 Å². The first-order valence-electron chi connectivity index (χ1n) is 12.1. The van der Waals surface area contributed by atoms with Gasteiger partial charge in [-0.25, -0.2) is 0 Å². The average Bonchev–Trinajstić information content (AvgIpc) is 3.58. The number of thiazole rings is 1. The number of aromatic nitrogens is 2. The largest absolute Gasteiger partial charge is 0.480 e. The number of aryl methyl sites for hydroxylation is 2. The Hall–Kier alpha value is -3.86. The van der Waals surface area contributed by atoms with E-state index in [0.717, 1.165) is 59.0 Å². The van der Waals surface area contributed by atoms with E-state index in [-0.39, 0.29) is 29.4 Å². The van der Waals surface area contributed by atoms with Gasteiger partial charge in [-0.2, -0.15) is 0 Å². The smallest absolute Gasteiger partial charge is 0.323 e. The topological polar surface area (TPSA) is 155 Å². The third-order valence-electron chi connectivity index (χ3n) is 6.59. The molecule has 16 heteroatoms. The zero-order chi connectivity index (χ0) is 30.6. The Kier molecular flexibility index (Phi) is 7.82. The van der Waals surface area contributed by atoms with Gasteiger partial charge in [-0.05, 0) is 49.3 Å². The average molecular weight is 647 g/mol. The van der Waals surface area contributed by atoms with E-state index in [0.29, 0.717) is 0 Å². The van der Waals surface area contributed by atoms with Crippen LogP contribution in [-0.4, -0.2) is 60.5 Å². The second-order valence-corrected chi connectivity index (χ2v) is 13.1. The molecule has 218 valence electrons. The fourth-order valence-corrected chi connectivity index (χ4v) is 7.85. The molecule has 2 aliphatic heterocycles. The van der Waals surface area contributed by atoms with Gasteiger partial charge in [-0.15, -0.1) is 11.3 Å². The van der Waals surface area contributed by atoms with Crippen molar-refractivity contribution in [3.05, 3.63) is 75.2 Å². The van der Waals surface area contributed by atoms with Crippen LogP contribution in [0.15, 0.2) is 42.1 Å². The summed E-state index contributed by atoms with van der Waals surface area (Å²) in [4.78, 5) is 67.1. The lowest BCUT2D eigenvalue weighted by molar-refractivity contribution is -0.138. The predicted molar refractivity (Wildman–Crippen MR) is 163 cm³/mol. The molecule has 5 rings (SSSR count). The minimum Gasteiger partial charge on any atom is -0.480 e. The highest BCUT2D eigenvalue weighted by atomic mass is 32.2. The first kappa shape index (κ1) is 29.6. The minimum atomic E-state index is -1.36. The summed E-state index contributed by atoms with van der Waals surface area (Å²) >= 11 is 8.29. The molecule has 0 unspecified atom stereocenters. The molecule has 4 heterocycles. The monoisotopic (exact) mass is 646 g/mol. The number of anilines is 1. The van der Waals surface area contributed by atoms with Gasteiger partial charge in [0, 0.05) is 19.0 Å².